The quantitative estimate of drug-likeness (QED) is 0.749. The second-order valence-corrected chi connectivity index (χ2v) is 8.78. The van der Waals surface area contributed by atoms with Crippen molar-refractivity contribution in [3.8, 4) is 0 Å². The first-order valence-corrected chi connectivity index (χ1v) is 9.79. The molecule has 0 bridgehead atoms. The smallest absolute Gasteiger partial charge is 0.0959 e. The molecule has 6 atom stereocenters. The highest BCUT2D eigenvalue weighted by Crippen LogP contribution is 2.64. The Labute approximate surface area is 146 Å². The number of fused-ring (bicyclic) bond motifs is 4. The fraction of sp³-hybridized carbons (Fsp3) is 0.727. The lowest BCUT2D eigenvalue weighted by Gasteiger charge is -2.54. The van der Waals surface area contributed by atoms with E-state index in [-0.39, 0.29) is 0 Å². The summed E-state index contributed by atoms with van der Waals surface area (Å²) in [7, 11) is 1.80. The van der Waals surface area contributed by atoms with Crippen LogP contribution in [-0.2, 0) is 4.74 Å². The van der Waals surface area contributed by atoms with Gasteiger partial charge in [-0.2, -0.15) is 0 Å². The van der Waals surface area contributed by atoms with Crippen molar-refractivity contribution in [3.05, 3.63) is 35.6 Å². The Balaban J connectivity index is 1.67. The van der Waals surface area contributed by atoms with E-state index in [0.717, 1.165) is 36.4 Å². The maximum atomic E-state index is 9.88. The van der Waals surface area contributed by atoms with Crippen LogP contribution in [0.4, 0.5) is 0 Å². The van der Waals surface area contributed by atoms with Crippen LogP contribution in [-0.4, -0.2) is 18.8 Å². The summed E-state index contributed by atoms with van der Waals surface area (Å²) >= 11 is 0. The minimum atomic E-state index is 0.345. The molecule has 2 saturated carbocycles. The monoisotopic (exact) mass is 328 g/mol. The summed E-state index contributed by atoms with van der Waals surface area (Å²) in [5.41, 5.74) is 3.71. The molecule has 0 spiro atoms. The average molecular weight is 328 g/mol. The fourth-order valence-electron chi connectivity index (χ4n) is 6.80. The van der Waals surface area contributed by atoms with E-state index in [4.69, 9.17) is 4.74 Å². The van der Waals surface area contributed by atoms with E-state index in [2.05, 4.69) is 25.7 Å². The Bertz CT molecular complexity index is 587. The Kier molecular flexibility index (Phi) is 4.15. The Morgan fingerprint density at radius 2 is 2.21 bits per heavy atom. The summed E-state index contributed by atoms with van der Waals surface area (Å²) in [5.74, 6) is 4.51. The standard InChI is InChI=1S/C22H32O2/c1-4-14-11-15-12-17(24-3)6-7-18(15)19-9-10-22(2)16(13-23)5-8-20(22)21(14)19/h4,6,14,16,19-21,23H,1,5,7-13H2,2-3H3/t14-,16+,19-,20-,21-,22-/m1/s1. The third kappa shape index (κ3) is 2.25. The molecule has 0 unspecified atom stereocenters. The minimum Gasteiger partial charge on any atom is -0.501 e. The predicted octanol–water partition coefficient (Wildman–Crippen LogP) is 4.86. The van der Waals surface area contributed by atoms with Gasteiger partial charge in [-0.3, -0.25) is 0 Å². The molecule has 4 aliphatic rings. The molecular weight excluding hydrogens is 296 g/mol. The van der Waals surface area contributed by atoms with Gasteiger partial charge in [-0.15, -0.1) is 6.58 Å². The van der Waals surface area contributed by atoms with E-state index >= 15 is 0 Å². The molecule has 0 heterocycles. The Morgan fingerprint density at radius 3 is 2.92 bits per heavy atom. The zero-order valence-electron chi connectivity index (χ0n) is 15.3. The van der Waals surface area contributed by atoms with Crippen LogP contribution in [0.25, 0.3) is 0 Å². The van der Waals surface area contributed by atoms with Gasteiger partial charge in [-0.05, 0) is 79.6 Å². The molecule has 0 aromatic carbocycles. The number of aliphatic hydroxyl groups excluding tert-OH is 1. The molecule has 0 saturated heterocycles. The van der Waals surface area contributed by atoms with Gasteiger partial charge in [0.25, 0.3) is 0 Å². The van der Waals surface area contributed by atoms with Crippen molar-refractivity contribution >= 4 is 0 Å². The van der Waals surface area contributed by atoms with E-state index in [1.807, 2.05) is 0 Å². The van der Waals surface area contributed by atoms with Crippen molar-refractivity contribution in [1.29, 1.82) is 0 Å². The zero-order chi connectivity index (χ0) is 16.9. The van der Waals surface area contributed by atoms with Crippen molar-refractivity contribution in [1.82, 2.24) is 0 Å². The number of ether oxygens (including phenoxy) is 1. The second kappa shape index (κ2) is 6.05. The van der Waals surface area contributed by atoms with Gasteiger partial charge in [0.2, 0.25) is 0 Å². The maximum absolute atomic E-state index is 9.88. The number of hydrogen-bond donors (Lipinski definition) is 1. The molecule has 4 rings (SSSR count). The molecule has 2 fully saturated rings. The first-order valence-electron chi connectivity index (χ1n) is 9.79. The summed E-state index contributed by atoms with van der Waals surface area (Å²) < 4.78 is 5.53. The highest BCUT2D eigenvalue weighted by atomic mass is 16.5. The van der Waals surface area contributed by atoms with E-state index in [1.54, 1.807) is 18.3 Å². The van der Waals surface area contributed by atoms with E-state index in [9.17, 15) is 5.11 Å². The lowest BCUT2D eigenvalue weighted by Crippen LogP contribution is -2.47. The summed E-state index contributed by atoms with van der Waals surface area (Å²) in [5, 5.41) is 9.88. The first-order chi connectivity index (χ1) is 11.6. The van der Waals surface area contributed by atoms with Gasteiger partial charge in [-0.25, -0.2) is 0 Å². The van der Waals surface area contributed by atoms with Crippen LogP contribution in [0.5, 0.6) is 0 Å². The number of methoxy groups -OCH3 is 1. The highest BCUT2D eigenvalue weighted by Gasteiger charge is 2.56. The van der Waals surface area contributed by atoms with Crippen molar-refractivity contribution in [2.45, 2.75) is 51.9 Å². The van der Waals surface area contributed by atoms with Crippen LogP contribution in [0.1, 0.15) is 51.9 Å². The zero-order valence-corrected chi connectivity index (χ0v) is 15.3. The Hall–Kier alpha value is -1.02. The van der Waals surface area contributed by atoms with E-state index in [0.29, 0.717) is 23.9 Å². The maximum Gasteiger partial charge on any atom is 0.0959 e. The lowest BCUT2D eigenvalue weighted by molar-refractivity contribution is -0.0161. The molecule has 132 valence electrons. The normalized spacial score (nSPS) is 44.3. The first kappa shape index (κ1) is 16.4. The molecule has 0 aromatic heterocycles. The topological polar surface area (TPSA) is 29.5 Å². The number of rotatable bonds is 3. The van der Waals surface area contributed by atoms with E-state index in [1.165, 1.54) is 32.1 Å². The molecule has 24 heavy (non-hydrogen) atoms. The Morgan fingerprint density at radius 1 is 1.38 bits per heavy atom. The predicted molar refractivity (Wildman–Crippen MR) is 97.3 cm³/mol. The summed E-state index contributed by atoms with van der Waals surface area (Å²) in [4.78, 5) is 0. The molecule has 0 aromatic rings. The van der Waals surface area contributed by atoms with Crippen molar-refractivity contribution in [3.63, 3.8) is 0 Å². The molecule has 2 nitrogen and oxygen atoms in total. The molecule has 2 heteroatoms. The molecular formula is C22H32O2. The van der Waals surface area contributed by atoms with Crippen molar-refractivity contribution in [2.24, 2.45) is 35.0 Å². The van der Waals surface area contributed by atoms with Gasteiger partial charge in [0.1, 0.15) is 0 Å². The molecule has 1 N–H and O–H groups in total. The second-order valence-electron chi connectivity index (χ2n) is 8.78. The average Bonchev–Trinajstić information content (AvgIpc) is 2.96. The van der Waals surface area contributed by atoms with Gasteiger partial charge < -0.3 is 9.84 Å². The molecule has 0 amide bonds. The third-order valence-corrected chi connectivity index (χ3v) is 8.13. The largest absolute Gasteiger partial charge is 0.501 e. The van der Waals surface area contributed by atoms with Crippen LogP contribution in [0.3, 0.4) is 0 Å². The molecule has 0 radical (unpaired) electrons. The molecule has 4 aliphatic carbocycles. The van der Waals surface area contributed by atoms with Gasteiger partial charge in [0.05, 0.1) is 12.9 Å². The fourth-order valence-corrected chi connectivity index (χ4v) is 6.80. The van der Waals surface area contributed by atoms with E-state index < -0.39 is 0 Å². The number of hydrogen-bond acceptors (Lipinski definition) is 2. The van der Waals surface area contributed by atoms with Gasteiger partial charge in [-0.1, -0.05) is 24.1 Å². The summed E-state index contributed by atoms with van der Waals surface area (Å²) in [6.07, 6.45) is 12.9. The van der Waals surface area contributed by atoms with Gasteiger partial charge >= 0.3 is 0 Å². The summed E-state index contributed by atoms with van der Waals surface area (Å²) in [6.45, 7) is 7.05. The van der Waals surface area contributed by atoms with Crippen molar-refractivity contribution in [2.75, 3.05) is 13.7 Å². The number of allylic oxidation sites excluding steroid dienone is 4. The molecule has 0 aliphatic heterocycles. The van der Waals surface area contributed by atoms with Crippen LogP contribution in [0.2, 0.25) is 0 Å². The summed E-state index contributed by atoms with van der Waals surface area (Å²) in [6, 6.07) is 0. The van der Waals surface area contributed by atoms with Crippen LogP contribution < -0.4 is 0 Å². The van der Waals surface area contributed by atoms with Crippen LogP contribution >= 0.6 is 0 Å². The highest BCUT2D eigenvalue weighted by molar-refractivity contribution is 5.34. The van der Waals surface area contributed by atoms with Crippen LogP contribution in [0, 0.1) is 35.0 Å². The lowest BCUT2D eigenvalue weighted by atomic mass is 9.51. The van der Waals surface area contributed by atoms with Crippen molar-refractivity contribution < 1.29 is 9.84 Å². The number of aliphatic hydroxyl groups is 1. The minimum absolute atomic E-state index is 0.345. The SMILES string of the molecule is C=C[C@@H]1CC2=C(CC=C(OC)C2)[C@H]2CC[C@]3(C)[C@H](CO)CC[C@@H]3[C@H]12. The third-order valence-electron chi connectivity index (χ3n) is 8.13. The van der Waals surface area contributed by atoms with Gasteiger partial charge in [0, 0.05) is 13.0 Å². The van der Waals surface area contributed by atoms with Gasteiger partial charge in [0.15, 0.2) is 0 Å². The van der Waals surface area contributed by atoms with Crippen LogP contribution in [0.15, 0.2) is 35.6 Å².